The van der Waals surface area contributed by atoms with Crippen molar-refractivity contribution in [1.29, 1.82) is 0 Å². The van der Waals surface area contributed by atoms with Crippen LogP contribution in [0.5, 0.6) is 0 Å². The van der Waals surface area contributed by atoms with E-state index in [4.69, 9.17) is 14.9 Å². The summed E-state index contributed by atoms with van der Waals surface area (Å²) in [5.41, 5.74) is 0. The van der Waals surface area contributed by atoms with Crippen LogP contribution < -0.4 is 10.6 Å². The molecule has 0 saturated carbocycles. The van der Waals surface area contributed by atoms with Crippen LogP contribution in [0.1, 0.15) is 232 Å². The first-order chi connectivity index (χ1) is 26.8. The number of carboxylic acids is 1. The number of allylic oxidation sites excluding steroid dienone is 2. The first kappa shape index (κ1) is 52.6. The zero-order valence-corrected chi connectivity index (χ0v) is 35.7. The number of amides is 2. The highest BCUT2D eigenvalue weighted by molar-refractivity contribution is 5.87. The molecule has 0 aromatic carbocycles. The average Bonchev–Trinajstić information content (AvgIpc) is 3.17. The number of nitrogens with one attached hydrogen (secondary N) is 2. The summed E-state index contributed by atoms with van der Waals surface area (Å²) in [5, 5.41) is 22.6. The second-order valence-corrected chi connectivity index (χ2v) is 15.8. The van der Waals surface area contributed by atoms with Gasteiger partial charge in [0.15, 0.2) is 0 Å². The molecular weight excluding hydrogens is 693 g/mol. The molecule has 322 valence electrons. The third-order valence-corrected chi connectivity index (χ3v) is 10.5. The van der Waals surface area contributed by atoms with Crippen LogP contribution in [0.2, 0.25) is 0 Å². The van der Waals surface area contributed by atoms with Crippen LogP contribution in [-0.2, 0) is 23.9 Å². The molecule has 0 aliphatic carbocycles. The smallest absolute Gasteiger partial charge is 0.328 e. The molecule has 0 aliphatic rings. The van der Waals surface area contributed by atoms with E-state index in [0.29, 0.717) is 19.3 Å². The van der Waals surface area contributed by atoms with Crippen LogP contribution in [0, 0.1) is 0 Å². The van der Waals surface area contributed by atoms with Crippen molar-refractivity contribution < 1.29 is 34.1 Å². The van der Waals surface area contributed by atoms with Gasteiger partial charge in [0, 0.05) is 12.8 Å². The lowest BCUT2D eigenvalue weighted by molar-refractivity contribution is -0.150. The first-order valence-corrected chi connectivity index (χ1v) is 23.1. The number of carboxylic acid groups (broad SMARTS) is 1. The van der Waals surface area contributed by atoms with Crippen LogP contribution in [0.25, 0.3) is 0 Å². The van der Waals surface area contributed by atoms with Gasteiger partial charge in [-0.2, -0.15) is 0 Å². The number of carbonyl (C=O) groups is 4. The maximum atomic E-state index is 12.8. The van der Waals surface area contributed by atoms with Gasteiger partial charge < -0.3 is 25.6 Å². The highest BCUT2D eigenvalue weighted by Gasteiger charge is 2.19. The Hall–Kier alpha value is -2.42. The van der Waals surface area contributed by atoms with Crippen LogP contribution >= 0.6 is 0 Å². The molecule has 0 spiro atoms. The third-order valence-electron chi connectivity index (χ3n) is 10.5. The molecule has 0 bridgehead atoms. The van der Waals surface area contributed by atoms with Gasteiger partial charge >= 0.3 is 11.9 Å². The van der Waals surface area contributed by atoms with Gasteiger partial charge in [-0.1, -0.05) is 167 Å². The van der Waals surface area contributed by atoms with E-state index >= 15 is 0 Å². The van der Waals surface area contributed by atoms with E-state index in [9.17, 15) is 19.2 Å². The lowest BCUT2D eigenvalue weighted by Gasteiger charge is -2.18. The van der Waals surface area contributed by atoms with Gasteiger partial charge in [-0.25, -0.2) is 4.79 Å². The average molecular weight is 779 g/mol. The van der Waals surface area contributed by atoms with Gasteiger partial charge in [0.1, 0.15) is 12.1 Å². The molecule has 0 saturated heterocycles. The van der Waals surface area contributed by atoms with E-state index in [1.165, 1.54) is 141 Å². The maximum absolute atomic E-state index is 12.8. The van der Waals surface area contributed by atoms with Crippen molar-refractivity contribution in [2.45, 2.75) is 244 Å². The minimum Gasteiger partial charge on any atom is -0.480 e. The van der Waals surface area contributed by atoms with Gasteiger partial charge in [-0.15, -0.1) is 0 Å². The highest BCUT2D eigenvalue weighted by atomic mass is 16.5. The molecule has 2 unspecified atom stereocenters. The summed E-state index contributed by atoms with van der Waals surface area (Å²) < 4.78 is 6.04. The minimum atomic E-state index is -1.38. The summed E-state index contributed by atoms with van der Waals surface area (Å²) in [5.74, 6) is -2.28. The van der Waals surface area contributed by atoms with Crippen LogP contribution in [0.3, 0.4) is 0 Å². The van der Waals surface area contributed by atoms with E-state index in [-0.39, 0.29) is 24.5 Å². The zero-order chi connectivity index (χ0) is 40.5. The fraction of sp³-hybridized carbons (Fsp3) is 0.870. The van der Waals surface area contributed by atoms with Crippen molar-refractivity contribution >= 4 is 23.8 Å². The second kappa shape index (κ2) is 41.2. The van der Waals surface area contributed by atoms with Crippen molar-refractivity contribution in [1.82, 2.24) is 10.6 Å². The van der Waals surface area contributed by atoms with Gasteiger partial charge in [0.2, 0.25) is 11.8 Å². The van der Waals surface area contributed by atoms with Crippen molar-refractivity contribution in [3.63, 3.8) is 0 Å². The Morgan fingerprint density at radius 1 is 0.527 bits per heavy atom. The van der Waals surface area contributed by atoms with E-state index in [1.54, 1.807) is 0 Å². The van der Waals surface area contributed by atoms with E-state index in [0.717, 1.165) is 57.8 Å². The Bertz CT molecular complexity index is 941. The number of hydrogen-bond donors (Lipinski definition) is 4. The van der Waals surface area contributed by atoms with Crippen molar-refractivity contribution in [3.8, 4) is 0 Å². The lowest BCUT2D eigenvalue weighted by atomic mass is 10.0. The van der Waals surface area contributed by atoms with Crippen molar-refractivity contribution in [2.24, 2.45) is 0 Å². The topological polar surface area (TPSA) is 142 Å². The molecule has 0 heterocycles. The Labute approximate surface area is 337 Å². The molecule has 0 aromatic heterocycles. The monoisotopic (exact) mass is 779 g/mol. The third kappa shape index (κ3) is 38.2. The Morgan fingerprint density at radius 3 is 1.36 bits per heavy atom. The molecule has 4 N–H and O–H groups in total. The molecule has 9 heteroatoms. The Morgan fingerprint density at radius 2 is 0.927 bits per heavy atom. The highest BCUT2D eigenvalue weighted by Crippen LogP contribution is 2.19. The SMILES string of the molecule is CCCCCCCCC/C=C\CCCCCCCC(=O)OC(CCCCCCCCCCCCC)CCCCCCCC(=O)NCC(=O)NC(CO)C(=O)O. The predicted molar refractivity (Wildman–Crippen MR) is 227 cm³/mol. The van der Waals surface area contributed by atoms with Gasteiger partial charge in [0.25, 0.3) is 0 Å². The van der Waals surface area contributed by atoms with Crippen molar-refractivity contribution in [3.05, 3.63) is 12.2 Å². The number of aliphatic hydroxyl groups is 1. The molecule has 0 aromatic rings. The summed E-state index contributed by atoms with van der Waals surface area (Å²) >= 11 is 0. The van der Waals surface area contributed by atoms with Gasteiger partial charge in [-0.05, 0) is 64.2 Å². The van der Waals surface area contributed by atoms with Gasteiger partial charge in [-0.3, -0.25) is 14.4 Å². The van der Waals surface area contributed by atoms with E-state index in [1.807, 2.05) is 0 Å². The van der Waals surface area contributed by atoms with E-state index in [2.05, 4.69) is 36.6 Å². The molecule has 0 rings (SSSR count). The normalized spacial score (nSPS) is 12.5. The fourth-order valence-corrected chi connectivity index (χ4v) is 6.95. The molecule has 0 aliphatic heterocycles. The van der Waals surface area contributed by atoms with Crippen LogP contribution in [0.15, 0.2) is 12.2 Å². The zero-order valence-electron chi connectivity index (χ0n) is 35.7. The number of hydrogen-bond acceptors (Lipinski definition) is 6. The number of aliphatic hydroxyl groups excluding tert-OH is 1. The van der Waals surface area contributed by atoms with E-state index < -0.39 is 24.5 Å². The molecule has 9 nitrogen and oxygen atoms in total. The number of rotatable bonds is 42. The summed E-state index contributed by atoms with van der Waals surface area (Å²) in [7, 11) is 0. The lowest BCUT2D eigenvalue weighted by Crippen LogP contribution is -2.47. The largest absolute Gasteiger partial charge is 0.480 e. The van der Waals surface area contributed by atoms with Gasteiger partial charge in [0.05, 0.1) is 13.2 Å². The summed E-state index contributed by atoms with van der Waals surface area (Å²) in [6.45, 7) is 3.50. The van der Waals surface area contributed by atoms with Crippen molar-refractivity contribution in [2.75, 3.05) is 13.2 Å². The predicted octanol–water partition coefficient (Wildman–Crippen LogP) is 11.4. The molecule has 55 heavy (non-hydrogen) atoms. The number of esters is 1. The Balaban J connectivity index is 4.27. The number of ether oxygens (including phenoxy) is 1. The maximum Gasteiger partial charge on any atom is 0.328 e. The fourth-order valence-electron chi connectivity index (χ4n) is 6.95. The number of aliphatic carboxylic acids is 1. The summed E-state index contributed by atoms with van der Waals surface area (Å²) in [6.07, 6.45) is 43.8. The standard InChI is InChI=1S/C46H86N2O7/c1-3-5-7-9-11-13-15-16-17-18-19-21-23-25-30-34-38-45(52)55-41(35-31-27-24-22-20-14-12-10-8-6-4-2)36-32-28-26-29-33-37-43(50)47-39-44(51)48-42(40-49)46(53)54/h17-18,41-42,49H,3-16,19-40H2,1-2H3,(H,47,50)(H,48,51)(H,53,54)/b18-17-. The molecule has 2 amide bonds. The second-order valence-electron chi connectivity index (χ2n) is 15.8. The Kier molecular flexibility index (Phi) is 39.4. The summed E-state index contributed by atoms with van der Waals surface area (Å²) in [4.78, 5) is 47.6. The van der Waals surface area contributed by atoms with Crippen LogP contribution in [-0.4, -0.2) is 59.3 Å². The summed E-state index contributed by atoms with van der Waals surface area (Å²) in [6, 6.07) is -1.38. The van der Waals surface area contributed by atoms with Crippen LogP contribution in [0.4, 0.5) is 0 Å². The molecule has 0 fully saturated rings. The first-order valence-electron chi connectivity index (χ1n) is 23.1. The molecule has 2 atom stereocenters. The quantitative estimate of drug-likeness (QED) is 0.0274. The number of carbonyl (C=O) groups excluding carboxylic acids is 3. The minimum absolute atomic E-state index is 0.0117. The number of unbranched alkanes of at least 4 members (excludes halogenated alkanes) is 26. The molecule has 0 radical (unpaired) electrons. The molecular formula is C46H86N2O7.